The lowest BCUT2D eigenvalue weighted by molar-refractivity contribution is -0.140. The zero-order valence-corrected chi connectivity index (χ0v) is 14.1. The Morgan fingerprint density at radius 2 is 2.04 bits per heavy atom. The number of unbranched alkanes of at least 4 members (excludes halogenated alkanes) is 1. The molecule has 0 unspecified atom stereocenters. The van der Waals surface area contributed by atoms with Crippen LogP contribution < -0.4 is 4.74 Å². The summed E-state index contributed by atoms with van der Waals surface area (Å²) in [6.07, 6.45) is 2.42. The predicted molar refractivity (Wildman–Crippen MR) is 86.7 cm³/mol. The maximum atomic E-state index is 11.5. The molecule has 0 atom stereocenters. The molecule has 2 rings (SSSR count). The number of hydrogen-bond donors (Lipinski definition) is 0. The molecule has 0 saturated heterocycles. The monoisotopic (exact) mass is 336 g/mol. The van der Waals surface area contributed by atoms with Crippen LogP contribution in [0.3, 0.4) is 0 Å². The van der Waals surface area contributed by atoms with Gasteiger partial charge in [-0.05, 0) is 24.1 Å². The van der Waals surface area contributed by atoms with E-state index in [4.69, 9.17) is 13.9 Å². The molecule has 0 bridgehead atoms. The number of hydrogen-bond acceptors (Lipinski definition) is 7. The molecule has 1 aromatic carbocycles. The quantitative estimate of drug-likeness (QED) is 0.396. The number of methoxy groups -OCH3 is 1. The van der Waals surface area contributed by atoms with Gasteiger partial charge in [-0.1, -0.05) is 37.2 Å². The van der Waals surface area contributed by atoms with Crippen LogP contribution in [0.25, 0.3) is 0 Å². The third-order valence-electron chi connectivity index (χ3n) is 3.04. The molecule has 23 heavy (non-hydrogen) atoms. The summed E-state index contributed by atoms with van der Waals surface area (Å²) in [5.41, 5.74) is 1.05. The number of ether oxygens (including phenoxy) is 2. The highest BCUT2D eigenvalue weighted by Crippen LogP contribution is 2.19. The van der Waals surface area contributed by atoms with E-state index >= 15 is 0 Å². The summed E-state index contributed by atoms with van der Waals surface area (Å²) in [4.78, 5) is 11.5. The van der Waals surface area contributed by atoms with E-state index in [9.17, 15) is 4.79 Å². The summed E-state index contributed by atoms with van der Waals surface area (Å²) in [5, 5.41) is 8.29. The van der Waals surface area contributed by atoms with Crippen LogP contribution in [-0.2, 0) is 16.0 Å². The van der Waals surface area contributed by atoms with Crippen LogP contribution in [0.2, 0.25) is 0 Å². The SMILES string of the molecule is CCCCOC(=O)CSc1nnc(Cc2ccc(OC)cc2)o1. The highest BCUT2D eigenvalue weighted by molar-refractivity contribution is 7.99. The smallest absolute Gasteiger partial charge is 0.316 e. The number of aromatic nitrogens is 2. The first kappa shape index (κ1) is 17.3. The van der Waals surface area contributed by atoms with Crippen LogP contribution in [0.4, 0.5) is 0 Å². The lowest BCUT2D eigenvalue weighted by Gasteiger charge is -2.01. The van der Waals surface area contributed by atoms with Crippen molar-refractivity contribution in [2.75, 3.05) is 19.5 Å². The van der Waals surface area contributed by atoms with E-state index in [0.717, 1.165) is 24.2 Å². The van der Waals surface area contributed by atoms with Crippen molar-refractivity contribution in [1.82, 2.24) is 10.2 Å². The number of thioether (sulfide) groups is 1. The first-order chi connectivity index (χ1) is 11.2. The lowest BCUT2D eigenvalue weighted by atomic mass is 10.1. The molecule has 124 valence electrons. The number of nitrogens with zero attached hydrogens (tertiary/aromatic N) is 2. The number of rotatable bonds is 9. The van der Waals surface area contributed by atoms with Gasteiger partial charge in [-0.25, -0.2) is 0 Å². The number of carbonyl (C=O) groups excluding carboxylic acids is 1. The Bertz CT molecular complexity index is 613. The zero-order valence-electron chi connectivity index (χ0n) is 13.3. The molecular weight excluding hydrogens is 316 g/mol. The summed E-state index contributed by atoms with van der Waals surface area (Å²) in [6.45, 7) is 2.51. The van der Waals surface area contributed by atoms with Crippen LogP contribution in [0, 0.1) is 0 Å². The zero-order chi connectivity index (χ0) is 16.5. The second-order valence-electron chi connectivity index (χ2n) is 4.85. The van der Waals surface area contributed by atoms with Crippen molar-refractivity contribution in [3.05, 3.63) is 35.7 Å². The summed E-state index contributed by atoms with van der Waals surface area (Å²) in [7, 11) is 1.63. The molecule has 7 heteroatoms. The molecular formula is C16H20N2O4S. The highest BCUT2D eigenvalue weighted by Gasteiger charge is 2.11. The van der Waals surface area contributed by atoms with Crippen LogP contribution in [-0.4, -0.2) is 35.6 Å². The van der Waals surface area contributed by atoms with Crippen molar-refractivity contribution in [1.29, 1.82) is 0 Å². The fourth-order valence-electron chi connectivity index (χ4n) is 1.78. The standard InChI is InChI=1S/C16H20N2O4S/c1-3-4-9-21-15(19)11-23-16-18-17-14(22-16)10-12-5-7-13(20-2)8-6-12/h5-8H,3-4,9-11H2,1-2H3. The van der Waals surface area contributed by atoms with Crippen LogP contribution in [0.15, 0.2) is 33.9 Å². The molecule has 0 amide bonds. The minimum absolute atomic E-state index is 0.174. The normalized spacial score (nSPS) is 10.5. The Morgan fingerprint density at radius 1 is 1.26 bits per heavy atom. The fraction of sp³-hybridized carbons (Fsp3) is 0.438. The van der Waals surface area contributed by atoms with Gasteiger partial charge in [0.05, 0.1) is 20.1 Å². The maximum Gasteiger partial charge on any atom is 0.316 e. The topological polar surface area (TPSA) is 74.5 Å². The Labute approximate surface area is 139 Å². The Hall–Kier alpha value is -2.02. The predicted octanol–water partition coefficient (Wildman–Crippen LogP) is 3.10. The summed E-state index contributed by atoms with van der Waals surface area (Å²) >= 11 is 1.19. The van der Waals surface area contributed by atoms with E-state index in [1.54, 1.807) is 7.11 Å². The average molecular weight is 336 g/mol. The molecule has 0 saturated carbocycles. The largest absolute Gasteiger partial charge is 0.497 e. The molecule has 0 aliphatic rings. The first-order valence-corrected chi connectivity index (χ1v) is 8.43. The van der Waals surface area contributed by atoms with Crippen LogP contribution >= 0.6 is 11.8 Å². The molecule has 0 spiro atoms. The minimum atomic E-state index is -0.265. The van der Waals surface area contributed by atoms with E-state index in [0.29, 0.717) is 24.1 Å². The molecule has 0 aliphatic carbocycles. The Balaban J connectivity index is 1.79. The lowest BCUT2D eigenvalue weighted by Crippen LogP contribution is -2.08. The summed E-state index contributed by atoms with van der Waals surface area (Å²) in [5.74, 6) is 1.22. The van der Waals surface area contributed by atoms with Crippen LogP contribution in [0.1, 0.15) is 31.2 Å². The molecule has 0 N–H and O–H groups in total. The Kier molecular flexibility index (Phi) is 6.93. The molecule has 6 nitrogen and oxygen atoms in total. The molecule has 1 heterocycles. The average Bonchev–Trinajstić information content (AvgIpc) is 3.01. The minimum Gasteiger partial charge on any atom is -0.497 e. The number of benzene rings is 1. The van der Waals surface area contributed by atoms with Crippen molar-refractivity contribution in [3.63, 3.8) is 0 Å². The van der Waals surface area contributed by atoms with Crippen molar-refractivity contribution in [3.8, 4) is 5.75 Å². The van der Waals surface area contributed by atoms with Crippen LogP contribution in [0.5, 0.6) is 5.75 Å². The van der Waals surface area contributed by atoms with Gasteiger partial charge in [-0.2, -0.15) is 0 Å². The van der Waals surface area contributed by atoms with Gasteiger partial charge in [0.15, 0.2) is 0 Å². The van der Waals surface area contributed by atoms with Crippen molar-refractivity contribution in [2.45, 2.75) is 31.4 Å². The number of carbonyl (C=O) groups is 1. The molecule has 0 radical (unpaired) electrons. The molecule has 2 aromatic rings. The van der Waals surface area contributed by atoms with E-state index in [-0.39, 0.29) is 11.7 Å². The Morgan fingerprint density at radius 3 is 2.74 bits per heavy atom. The summed E-state index contributed by atoms with van der Waals surface area (Å²) in [6, 6.07) is 7.66. The van der Waals surface area contributed by atoms with Gasteiger partial charge in [0.25, 0.3) is 5.22 Å². The highest BCUT2D eigenvalue weighted by atomic mass is 32.2. The van der Waals surface area contributed by atoms with Gasteiger partial charge in [0, 0.05) is 0 Å². The van der Waals surface area contributed by atoms with Crippen molar-refractivity contribution < 1.29 is 18.7 Å². The third-order valence-corrected chi connectivity index (χ3v) is 3.83. The van der Waals surface area contributed by atoms with Gasteiger partial charge in [0.2, 0.25) is 5.89 Å². The number of esters is 1. The van der Waals surface area contributed by atoms with Gasteiger partial charge < -0.3 is 13.9 Å². The van der Waals surface area contributed by atoms with E-state index in [2.05, 4.69) is 10.2 Å². The van der Waals surface area contributed by atoms with E-state index in [1.807, 2.05) is 31.2 Å². The van der Waals surface area contributed by atoms with Crippen molar-refractivity contribution >= 4 is 17.7 Å². The van der Waals surface area contributed by atoms with Gasteiger partial charge in [0.1, 0.15) is 11.5 Å². The van der Waals surface area contributed by atoms with E-state index in [1.165, 1.54) is 11.8 Å². The van der Waals surface area contributed by atoms with Gasteiger partial charge in [-0.15, -0.1) is 10.2 Å². The second kappa shape index (κ2) is 9.19. The third kappa shape index (κ3) is 5.94. The van der Waals surface area contributed by atoms with E-state index < -0.39 is 0 Å². The van der Waals surface area contributed by atoms with Gasteiger partial charge in [-0.3, -0.25) is 4.79 Å². The maximum absolute atomic E-state index is 11.5. The molecule has 0 aliphatic heterocycles. The molecule has 1 aromatic heterocycles. The van der Waals surface area contributed by atoms with Crippen molar-refractivity contribution in [2.24, 2.45) is 0 Å². The second-order valence-corrected chi connectivity index (χ2v) is 5.78. The summed E-state index contributed by atoms with van der Waals surface area (Å²) < 4.78 is 15.7. The fourth-order valence-corrected chi connectivity index (χ4v) is 2.36. The molecule has 0 fully saturated rings. The van der Waals surface area contributed by atoms with Gasteiger partial charge >= 0.3 is 5.97 Å². The first-order valence-electron chi connectivity index (χ1n) is 7.45.